The second-order valence-corrected chi connectivity index (χ2v) is 5.96. The van der Waals surface area contributed by atoms with Crippen LogP contribution in [-0.2, 0) is 24.4 Å². The quantitative estimate of drug-likeness (QED) is 0.382. The van der Waals surface area contributed by atoms with Gasteiger partial charge in [-0.15, -0.1) is 0 Å². The van der Waals surface area contributed by atoms with Gasteiger partial charge in [0.2, 0.25) is 0 Å². The van der Waals surface area contributed by atoms with Gasteiger partial charge in [-0.3, -0.25) is 0 Å². The maximum Gasteiger partial charge on any atom is 0.191 e. The molecule has 27 heavy (non-hydrogen) atoms. The monoisotopic (exact) mass is 367 g/mol. The van der Waals surface area contributed by atoms with Crippen molar-refractivity contribution in [2.45, 2.75) is 26.6 Å². The highest BCUT2D eigenvalue weighted by Gasteiger charge is 2.05. The molecular formula is C22H29N3O2. The van der Waals surface area contributed by atoms with Crippen molar-refractivity contribution in [3.05, 3.63) is 77.9 Å². The number of benzene rings is 2. The van der Waals surface area contributed by atoms with Gasteiger partial charge in [0.25, 0.3) is 0 Å². The Kier molecular flexibility index (Phi) is 8.93. The number of hydrogen-bond acceptors (Lipinski definition) is 3. The third kappa shape index (κ3) is 6.79. The lowest BCUT2D eigenvalue weighted by Gasteiger charge is -2.14. The molecule has 0 saturated carbocycles. The highest BCUT2D eigenvalue weighted by Crippen LogP contribution is 2.18. The fourth-order valence-corrected chi connectivity index (χ4v) is 2.64. The van der Waals surface area contributed by atoms with E-state index in [2.05, 4.69) is 36.3 Å². The van der Waals surface area contributed by atoms with Crippen molar-refractivity contribution in [3.63, 3.8) is 0 Å². The van der Waals surface area contributed by atoms with Gasteiger partial charge in [-0.05, 0) is 24.1 Å². The minimum atomic E-state index is 0.481. The summed E-state index contributed by atoms with van der Waals surface area (Å²) in [5.41, 5.74) is 3.41. The summed E-state index contributed by atoms with van der Waals surface area (Å²) >= 11 is 0. The Morgan fingerprint density at radius 2 is 1.74 bits per heavy atom. The number of rotatable bonds is 10. The predicted octanol–water partition coefficient (Wildman–Crippen LogP) is 3.65. The summed E-state index contributed by atoms with van der Waals surface area (Å²) < 4.78 is 11.0. The molecule has 0 spiro atoms. The van der Waals surface area contributed by atoms with Crippen LogP contribution in [0.25, 0.3) is 0 Å². The lowest BCUT2D eigenvalue weighted by atomic mass is 10.1. The van der Waals surface area contributed by atoms with Crippen molar-refractivity contribution in [1.82, 2.24) is 10.6 Å². The second-order valence-electron chi connectivity index (χ2n) is 5.96. The Morgan fingerprint density at radius 3 is 2.44 bits per heavy atom. The van der Waals surface area contributed by atoms with E-state index in [0.717, 1.165) is 23.8 Å². The van der Waals surface area contributed by atoms with Gasteiger partial charge in [-0.1, -0.05) is 55.1 Å². The topological polar surface area (TPSA) is 54.9 Å². The van der Waals surface area contributed by atoms with Gasteiger partial charge in [-0.2, -0.15) is 0 Å². The van der Waals surface area contributed by atoms with Crippen molar-refractivity contribution in [1.29, 1.82) is 0 Å². The molecule has 2 aromatic carbocycles. The Morgan fingerprint density at radius 1 is 1.04 bits per heavy atom. The van der Waals surface area contributed by atoms with Crippen molar-refractivity contribution < 1.29 is 9.47 Å². The molecule has 0 atom stereocenters. The molecule has 0 heterocycles. The number of nitrogens with one attached hydrogen (secondary N) is 2. The first-order valence-electron chi connectivity index (χ1n) is 9.18. The van der Waals surface area contributed by atoms with Crippen LogP contribution >= 0.6 is 0 Å². The molecule has 0 aliphatic heterocycles. The van der Waals surface area contributed by atoms with E-state index < -0.39 is 0 Å². The third-order valence-corrected chi connectivity index (χ3v) is 3.95. The van der Waals surface area contributed by atoms with E-state index in [0.29, 0.717) is 26.3 Å². The van der Waals surface area contributed by atoms with E-state index in [4.69, 9.17) is 14.5 Å². The van der Waals surface area contributed by atoms with Crippen LogP contribution in [0.5, 0.6) is 5.75 Å². The van der Waals surface area contributed by atoms with E-state index in [1.807, 2.05) is 36.4 Å². The number of nitrogens with zero attached hydrogens (tertiary/aromatic N) is 1. The van der Waals surface area contributed by atoms with Crippen LogP contribution in [0.2, 0.25) is 0 Å². The van der Waals surface area contributed by atoms with Gasteiger partial charge in [0.15, 0.2) is 5.96 Å². The van der Waals surface area contributed by atoms with Crippen molar-refractivity contribution in [3.8, 4) is 5.75 Å². The standard InChI is InChI=1S/C22H29N3O2/c1-4-14-27-21-13-9-8-11-19(21)16-25-22(23-5-2)24-15-18-10-6-7-12-20(18)17-26-3/h4,6-13H,1,5,14-17H2,2-3H3,(H2,23,24,25). The zero-order valence-corrected chi connectivity index (χ0v) is 16.2. The summed E-state index contributed by atoms with van der Waals surface area (Å²) in [6.45, 7) is 8.83. The van der Waals surface area contributed by atoms with Crippen LogP contribution in [0, 0.1) is 0 Å². The molecular weight excluding hydrogens is 338 g/mol. The van der Waals surface area contributed by atoms with Crippen molar-refractivity contribution >= 4 is 5.96 Å². The van der Waals surface area contributed by atoms with E-state index in [1.54, 1.807) is 13.2 Å². The van der Waals surface area contributed by atoms with E-state index >= 15 is 0 Å². The molecule has 2 rings (SSSR count). The number of hydrogen-bond donors (Lipinski definition) is 2. The average molecular weight is 367 g/mol. The van der Waals surface area contributed by atoms with Gasteiger partial charge in [0.1, 0.15) is 12.4 Å². The number of para-hydroxylation sites is 1. The van der Waals surface area contributed by atoms with Gasteiger partial charge < -0.3 is 20.1 Å². The normalized spacial score (nSPS) is 11.1. The summed E-state index contributed by atoms with van der Waals surface area (Å²) in [4.78, 5) is 4.70. The Balaban J connectivity index is 2.06. The van der Waals surface area contributed by atoms with Gasteiger partial charge in [0.05, 0.1) is 13.2 Å². The minimum Gasteiger partial charge on any atom is -0.489 e. The second kappa shape index (κ2) is 11.8. The molecule has 0 saturated heterocycles. The highest BCUT2D eigenvalue weighted by molar-refractivity contribution is 5.79. The SMILES string of the molecule is C=CCOc1ccccc1CN=C(NCC)NCc1ccccc1COC. The zero-order valence-electron chi connectivity index (χ0n) is 16.2. The lowest BCUT2D eigenvalue weighted by Crippen LogP contribution is -2.37. The fraction of sp³-hybridized carbons (Fsp3) is 0.318. The van der Waals surface area contributed by atoms with Crippen LogP contribution in [0.1, 0.15) is 23.6 Å². The van der Waals surface area contributed by atoms with Crippen LogP contribution in [0.4, 0.5) is 0 Å². The van der Waals surface area contributed by atoms with Crippen LogP contribution in [0.15, 0.2) is 66.2 Å². The first-order valence-corrected chi connectivity index (χ1v) is 9.18. The van der Waals surface area contributed by atoms with E-state index in [-0.39, 0.29) is 0 Å². The molecule has 144 valence electrons. The molecule has 2 aromatic rings. The Bertz CT molecular complexity index is 744. The zero-order chi connectivity index (χ0) is 19.3. The van der Waals surface area contributed by atoms with E-state index in [9.17, 15) is 0 Å². The molecule has 0 amide bonds. The van der Waals surface area contributed by atoms with Crippen LogP contribution in [-0.4, -0.2) is 26.2 Å². The van der Waals surface area contributed by atoms with Gasteiger partial charge >= 0.3 is 0 Å². The first kappa shape index (κ1) is 20.5. The lowest BCUT2D eigenvalue weighted by molar-refractivity contribution is 0.184. The van der Waals surface area contributed by atoms with E-state index in [1.165, 1.54) is 11.1 Å². The molecule has 5 nitrogen and oxygen atoms in total. The maximum atomic E-state index is 5.71. The summed E-state index contributed by atoms with van der Waals surface area (Å²) in [6.07, 6.45) is 1.74. The summed E-state index contributed by atoms with van der Waals surface area (Å²) in [6, 6.07) is 16.2. The number of methoxy groups -OCH3 is 1. The Hall–Kier alpha value is -2.79. The van der Waals surface area contributed by atoms with Gasteiger partial charge in [0, 0.05) is 25.8 Å². The largest absolute Gasteiger partial charge is 0.489 e. The summed E-state index contributed by atoms with van der Waals surface area (Å²) in [7, 11) is 1.71. The Labute approximate surface area is 162 Å². The predicted molar refractivity (Wildman–Crippen MR) is 111 cm³/mol. The number of aliphatic imine (C=N–C) groups is 1. The average Bonchev–Trinajstić information content (AvgIpc) is 2.70. The number of ether oxygens (including phenoxy) is 2. The molecule has 0 aliphatic carbocycles. The maximum absolute atomic E-state index is 5.71. The molecule has 5 heteroatoms. The molecule has 0 aliphatic rings. The molecule has 0 unspecified atom stereocenters. The first-order chi connectivity index (χ1) is 13.3. The highest BCUT2D eigenvalue weighted by atomic mass is 16.5. The van der Waals surface area contributed by atoms with Crippen LogP contribution in [0.3, 0.4) is 0 Å². The smallest absolute Gasteiger partial charge is 0.191 e. The fourth-order valence-electron chi connectivity index (χ4n) is 2.64. The molecule has 0 fully saturated rings. The van der Waals surface area contributed by atoms with Crippen LogP contribution < -0.4 is 15.4 Å². The molecule has 0 aromatic heterocycles. The van der Waals surface area contributed by atoms with Crippen molar-refractivity contribution in [2.24, 2.45) is 4.99 Å². The molecule has 2 N–H and O–H groups in total. The third-order valence-electron chi connectivity index (χ3n) is 3.95. The molecule has 0 bridgehead atoms. The molecule has 0 radical (unpaired) electrons. The van der Waals surface area contributed by atoms with Gasteiger partial charge in [-0.25, -0.2) is 4.99 Å². The number of guanidine groups is 1. The van der Waals surface area contributed by atoms with Crippen molar-refractivity contribution in [2.75, 3.05) is 20.3 Å². The minimum absolute atomic E-state index is 0.481. The summed E-state index contributed by atoms with van der Waals surface area (Å²) in [5, 5.41) is 6.68. The summed E-state index contributed by atoms with van der Waals surface area (Å²) in [5.74, 6) is 1.60.